The fourth-order valence-corrected chi connectivity index (χ4v) is 4.15. The van der Waals surface area contributed by atoms with Crippen molar-refractivity contribution in [2.24, 2.45) is 11.3 Å². The summed E-state index contributed by atoms with van der Waals surface area (Å²) in [7, 11) is 1.48. The molecule has 0 radical (unpaired) electrons. The Balaban J connectivity index is 1.71. The molecular formula is C18H24F2N2O3. The number of amides is 1. The van der Waals surface area contributed by atoms with Crippen LogP contribution in [0.4, 0.5) is 8.78 Å². The number of carbonyl (C=O) groups is 1. The second kappa shape index (κ2) is 7.35. The van der Waals surface area contributed by atoms with Crippen molar-refractivity contribution in [1.29, 1.82) is 0 Å². The molecule has 2 aliphatic heterocycles. The van der Waals surface area contributed by atoms with Crippen LogP contribution in [0.1, 0.15) is 12.0 Å². The lowest BCUT2D eigenvalue weighted by molar-refractivity contribution is -0.134. The summed E-state index contributed by atoms with van der Waals surface area (Å²) in [5, 5.41) is 10.0. The number of benzene rings is 1. The Morgan fingerprint density at radius 3 is 2.92 bits per heavy atom. The summed E-state index contributed by atoms with van der Waals surface area (Å²) in [4.78, 5) is 15.9. The topological polar surface area (TPSA) is 53.0 Å². The van der Waals surface area contributed by atoms with Crippen molar-refractivity contribution in [3.8, 4) is 0 Å². The maximum Gasteiger partial charge on any atom is 0.248 e. The lowest BCUT2D eigenvalue weighted by Gasteiger charge is -2.43. The van der Waals surface area contributed by atoms with Crippen molar-refractivity contribution < 1.29 is 23.4 Å². The van der Waals surface area contributed by atoms with E-state index in [0.29, 0.717) is 31.7 Å². The van der Waals surface area contributed by atoms with E-state index in [2.05, 4.69) is 0 Å². The predicted molar refractivity (Wildman–Crippen MR) is 87.7 cm³/mol. The van der Waals surface area contributed by atoms with Crippen LogP contribution in [0.15, 0.2) is 18.2 Å². The van der Waals surface area contributed by atoms with E-state index >= 15 is 0 Å². The Morgan fingerprint density at radius 2 is 2.20 bits per heavy atom. The number of fused-ring (bicyclic) bond motifs is 1. The molecule has 1 N–H and O–H groups in total. The average molecular weight is 354 g/mol. The van der Waals surface area contributed by atoms with Crippen molar-refractivity contribution in [1.82, 2.24) is 9.80 Å². The summed E-state index contributed by atoms with van der Waals surface area (Å²) in [5.41, 5.74) is -0.0947. The molecule has 0 saturated carbocycles. The van der Waals surface area contributed by atoms with Crippen LogP contribution in [-0.2, 0) is 16.1 Å². The second-order valence-electron chi connectivity index (χ2n) is 7.14. The third-order valence-electron chi connectivity index (χ3n) is 5.51. The number of methoxy groups -OCH3 is 1. The number of likely N-dealkylation sites (tertiary alicyclic amines) is 2. The van der Waals surface area contributed by atoms with Gasteiger partial charge in [0.05, 0.1) is 6.61 Å². The predicted octanol–water partition coefficient (Wildman–Crippen LogP) is 1.25. The molecule has 1 aromatic carbocycles. The summed E-state index contributed by atoms with van der Waals surface area (Å²) >= 11 is 0. The molecule has 1 amide bonds. The second-order valence-corrected chi connectivity index (χ2v) is 7.14. The van der Waals surface area contributed by atoms with Crippen molar-refractivity contribution >= 4 is 5.91 Å². The fraction of sp³-hybridized carbons (Fsp3) is 0.611. The van der Waals surface area contributed by atoms with Gasteiger partial charge in [0.15, 0.2) is 11.6 Å². The van der Waals surface area contributed by atoms with Crippen LogP contribution in [0.2, 0.25) is 0 Å². The Hall–Kier alpha value is -1.57. The van der Waals surface area contributed by atoms with Crippen molar-refractivity contribution in [3.05, 3.63) is 35.4 Å². The molecule has 3 rings (SSSR count). The number of hydrogen-bond acceptors (Lipinski definition) is 4. The van der Waals surface area contributed by atoms with Gasteiger partial charge in [0.2, 0.25) is 5.91 Å². The van der Waals surface area contributed by atoms with Crippen LogP contribution in [0, 0.1) is 23.0 Å². The highest BCUT2D eigenvalue weighted by Crippen LogP contribution is 2.42. The molecule has 2 atom stereocenters. The number of carbonyl (C=O) groups excluding carboxylic acids is 1. The van der Waals surface area contributed by atoms with Gasteiger partial charge in [-0.1, -0.05) is 12.1 Å². The smallest absolute Gasteiger partial charge is 0.248 e. The minimum Gasteiger partial charge on any atom is -0.396 e. The molecular weight excluding hydrogens is 330 g/mol. The zero-order valence-corrected chi connectivity index (χ0v) is 14.4. The first-order valence-corrected chi connectivity index (χ1v) is 8.52. The highest BCUT2D eigenvalue weighted by atomic mass is 19.2. The molecule has 2 aliphatic rings. The van der Waals surface area contributed by atoms with Crippen LogP contribution < -0.4 is 0 Å². The minimum atomic E-state index is -0.846. The van der Waals surface area contributed by atoms with Crippen molar-refractivity contribution in [2.45, 2.75) is 13.0 Å². The number of piperidine rings is 1. The Bertz CT molecular complexity index is 643. The van der Waals surface area contributed by atoms with Gasteiger partial charge >= 0.3 is 0 Å². The number of hydrogen-bond donors (Lipinski definition) is 1. The lowest BCUT2D eigenvalue weighted by atomic mass is 9.74. The molecule has 2 fully saturated rings. The summed E-state index contributed by atoms with van der Waals surface area (Å²) < 4.78 is 32.3. The van der Waals surface area contributed by atoms with Gasteiger partial charge in [-0.25, -0.2) is 8.78 Å². The average Bonchev–Trinajstić information content (AvgIpc) is 2.99. The van der Waals surface area contributed by atoms with Gasteiger partial charge < -0.3 is 14.7 Å². The van der Waals surface area contributed by atoms with Gasteiger partial charge in [-0.05, 0) is 24.9 Å². The van der Waals surface area contributed by atoms with Crippen LogP contribution in [0.25, 0.3) is 0 Å². The summed E-state index contributed by atoms with van der Waals surface area (Å²) in [6.45, 7) is 2.67. The minimum absolute atomic E-state index is 0.0312. The third kappa shape index (κ3) is 3.54. The number of rotatable bonds is 5. The van der Waals surface area contributed by atoms with Gasteiger partial charge in [0.25, 0.3) is 0 Å². The molecule has 138 valence electrons. The first-order chi connectivity index (χ1) is 12.0. The largest absolute Gasteiger partial charge is 0.396 e. The maximum atomic E-state index is 13.9. The van der Waals surface area contributed by atoms with E-state index < -0.39 is 17.0 Å². The van der Waals surface area contributed by atoms with E-state index in [1.54, 1.807) is 11.0 Å². The molecule has 0 aliphatic carbocycles. The highest BCUT2D eigenvalue weighted by molar-refractivity contribution is 5.77. The van der Waals surface area contributed by atoms with Gasteiger partial charge in [0.1, 0.15) is 6.61 Å². The molecule has 0 spiro atoms. The number of aliphatic hydroxyl groups is 1. The van der Waals surface area contributed by atoms with E-state index in [9.17, 15) is 18.7 Å². The van der Waals surface area contributed by atoms with E-state index in [1.165, 1.54) is 13.2 Å². The molecule has 0 bridgehead atoms. The Labute approximate surface area is 146 Å². The number of halogens is 2. The monoisotopic (exact) mass is 354 g/mol. The Morgan fingerprint density at radius 1 is 1.40 bits per heavy atom. The zero-order chi connectivity index (χ0) is 18.0. The highest BCUT2D eigenvalue weighted by Gasteiger charge is 2.50. The van der Waals surface area contributed by atoms with Crippen LogP contribution in [0.3, 0.4) is 0 Å². The summed E-state index contributed by atoms with van der Waals surface area (Å²) in [5.74, 6) is -1.52. The molecule has 1 aromatic rings. The first-order valence-electron chi connectivity index (χ1n) is 8.52. The van der Waals surface area contributed by atoms with Crippen molar-refractivity contribution in [3.63, 3.8) is 0 Å². The van der Waals surface area contributed by atoms with Crippen LogP contribution >= 0.6 is 0 Å². The van der Waals surface area contributed by atoms with E-state index in [-0.39, 0.29) is 25.0 Å². The molecule has 5 nitrogen and oxygen atoms in total. The molecule has 2 saturated heterocycles. The molecule has 0 aromatic heterocycles. The number of ether oxygens (including phenoxy) is 1. The number of aliphatic hydroxyl groups excluding tert-OH is 1. The molecule has 7 heteroatoms. The zero-order valence-electron chi connectivity index (χ0n) is 14.4. The van der Waals surface area contributed by atoms with E-state index in [4.69, 9.17) is 4.74 Å². The lowest BCUT2D eigenvalue weighted by Crippen LogP contribution is -2.50. The fourth-order valence-electron chi connectivity index (χ4n) is 4.15. The van der Waals surface area contributed by atoms with Crippen LogP contribution in [-0.4, -0.2) is 67.3 Å². The number of nitrogens with zero attached hydrogens (tertiary/aromatic N) is 2. The van der Waals surface area contributed by atoms with Crippen LogP contribution in [0.5, 0.6) is 0 Å². The van der Waals surface area contributed by atoms with Gasteiger partial charge in [-0.2, -0.15) is 0 Å². The molecule has 2 heterocycles. The van der Waals surface area contributed by atoms with Crippen molar-refractivity contribution in [2.75, 3.05) is 46.5 Å². The van der Waals surface area contributed by atoms with Gasteiger partial charge in [-0.15, -0.1) is 0 Å². The van der Waals surface area contributed by atoms with Gasteiger partial charge in [0, 0.05) is 44.3 Å². The first kappa shape index (κ1) is 18.2. The quantitative estimate of drug-likeness (QED) is 0.865. The maximum absolute atomic E-state index is 13.9. The SMILES string of the molecule is COCC(=O)N1C[C@@H]2CCN(Cc3cccc(F)c3F)C[C@]2(CO)C1. The standard InChI is InChI=1S/C18H24F2N2O3/c1-25-9-16(24)22-8-14-5-6-21(10-18(14,11-22)12-23)7-13-3-2-4-15(19)17(13)20/h2-4,14,23H,5-12H2,1H3/t14-,18+/m0/s1. The van der Waals surface area contributed by atoms with E-state index in [0.717, 1.165) is 19.0 Å². The van der Waals surface area contributed by atoms with Gasteiger partial charge in [-0.3, -0.25) is 9.69 Å². The molecule has 25 heavy (non-hydrogen) atoms. The summed E-state index contributed by atoms with van der Waals surface area (Å²) in [6, 6.07) is 4.19. The third-order valence-corrected chi connectivity index (χ3v) is 5.51. The molecule has 0 unspecified atom stereocenters. The van der Waals surface area contributed by atoms with E-state index in [1.807, 2.05) is 4.90 Å². The summed E-state index contributed by atoms with van der Waals surface area (Å²) in [6.07, 6.45) is 0.814. The normalized spacial score (nSPS) is 26.7. The Kier molecular flexibility index (Phi) is 5.36.